The lowest BCUT2D eigenvalue weighted by molar-refractivity contribution is -0.145. The van der Waals surface area contributed by atoms with Crippen molar-refractivity contribution in [2.75, 3.05) is 34.5 Å². The third kappa shape index (κ3) is 8.66. The number of ether oxygens (including phenoxy) is 6. The van der Waals surface area contributed by atoms with Crippen molar-refractivity contribution in [2.24, 2.45) is 0 Å². The van der Waals surface area contributed by atoms with Gasteiger partial charge in [0.25, 0.3) is 0 Å². The third-order valence-electron chi connectivity index (χ3n) is 9.34. The van der Waals surface area contributed by atoms with Crippen LogP contribution in [0, 0.1) is 6.92 Å². The SMILES string of the molecule is COCCOc1ccc(-c2c(-c3cccc(OC)c3)ncc3snc(OC(Cc4ccccc4OCc4ccnc(-c5ccccc5OC)n4)C(=O)O)c23)c(C)c1Cl. The summed E-state index contributed by atoms with van der Waals surface area (Å²) in [6, 6.07) is 27.8. The van der Waals surface area contributed by atoms with Crippen molar-refractivity contribution < 1.29 is 38.3 Å². The summed E-state index contributed by atoms with van der Waals surface area (Å²) in [7, 11) is 4.80. The number of carboxylic acid groups (broad SMARTS) is 1. The summed E-state index contributed by atoms with van der Waals surface area (Å²) < 4.78 is 40.1. The van der Waals surface area contributed by atoms with E-state index in [2.05, 4.69) is 9.36 Å². The second-order valence-electron chi connectivity index (χ2n) is 12.9. The highest BCUT2D eigenvalue weighted by atomic mass is 35.5. The predicted octanol–water partition coefficient (Wildman–Crippen LogP) is 9.14. The van der Waals surface area contributed by atoms with Crippen LogP contribution >= 0.6 is 23.1 Å². The first-order valence-electron chi connectivity index (χ1n) is 18.2. The molecule has 0 fully saturated rings. The Kier molecular flexibility index (Phi) is 12.6. The molecule has 3 aromatic heterocycles. The maximum Gasteiger partial charge on any atom is 0.345 e. The molecule has 14 heteroatoms. The molecule has 0 bridgehead atoms. The number of hydrogen-bond donors (Lipinski definition) is 1. The monoisotopic (exact) mass is 818 g/mol. The molecular weight excluding hydrogens is 780 g/mol. The number of methoxy groups -OCH3 is 3. The van der Waals surface area contributed by atoms with Crippen molar-refractivity contribution in [3.63, 3.8) is 0 Å². The summed E-state index contributed by atoms with van der Waals surface area (Å²) in [6.45, 7) is 2.73. The van der Waals surface area contributed by atoms with Gasteiger partial charge in [-0.1, -0.05) is 60.1 Å². The normalized spacial score (nSPS) is 11.6. The maximum atomic E-state index is 13.0. The Morgan fingerprint density at radius 2 is 1.66 bits per heavy atom. The van der Waals surface area contributed by atoms with Crippen LogP contribution in [0.5, 0.6) is 28.9 Å². The molecule has 0 aliphatic heterocycles. The molecule has 0 aliphatic rings. The minimum Gasteiger partial charge on any atom is -0.497 e. The van der Waals surface area contributed by atoms with E-state index in [-0.39, 0.29) is 18.9 Å². The Hall–Kier alpha value is -6.28. The molecule has 7 rings (SSSR count). The minimum absolute atomic E-state index is 0.0255. The Morgan fingerprint density at radius 3 is 2.45 bits per heavy atom. The number of para-hydroxylation sites is 2. The number of fused-ring (bicyclic) bond motifs is 1. The quantitative estimate of drug-likeness (QED) is 0.0875. The van der Waals surface area contributed by atoms with Crippen molar-refractivity contribution in [1.82, 2.24) is 19.3 Å². The predicted molar refractivity (Wildman–Crippen MR) is 223 cm³/mol. The van der Waals surface area contributed by atoms with E-state index in [1.54, 1.807) is 51.9 Å². The van der Waals surface area contributed by atoms with Crippen LogP contribution in [0.3, 0.4) is 0 Å². The number of pyridine rings is 1. The van der Waals surface area contributed by atoms with Crippen molar-refractivity contribution in [1.29, 1.82) is 0 Å². The van der Waals surface area contributed by atoms with Crippen LogP contribution < -0.4 is 23.7 Å². The number of aromatic nitrogens is 4. The second kappa shape index (κ2) is 18.3. The summed E-state index contributed by atoms with van der Waals surface area (Å²) in [6.07, 6.45) is 2.01. The van der Waals surface area contributed by atoms with Crippen LogP contribution in [0.1, 0.15) is 16.8 Å². The molecule has 1 atom stereocenters. The van der Waals surface area contributed by atoms with Gasteiger partial charge < -0.3 is 33.5 Å². The van der Waals surface area contributed by atoms with E-state index in [0.717, 1.165) is 33.8 Å². The van der Waals surface area contributed by atoms with E-state index in [9.17, 15) is 9.90 Å². The van der Waals surface area contributed by atoms with E-state index in [1.165, 1.54) is 0 Å². The molecule has 4 aromatic carbocycles. The first-order valence-corrected chi connectivity index (χ1v) is 19.3. The lowest BCUT2D eigenvalue weighted by Gasteiger charge is -2.19. The number of carboxylic acids is 1. The van der Waals surface area contributed by atoms with Crippen molar-refractivity contribution in [2.45, 2.75) is 26.1 Å². The average Bonchev–Trinajstić information content (AvgIpc) is 3.67. The molecule has 0 saturated heterocycles. The van der Waals surface area contributed by atoms with Crippen LogP contribution in [-0.2, 0) is 22.6 Å². The number of hydrogen-bond acceptors (Lipinski definition) is 12. The fourth-order valence-electron chi connectivity index (χ4n) is 6.44. The first kappa shape index (κ1) is 39.9. The fraction of sp³-hybridized carbons (Fsp3) is 0.205. The number of rotatable bonds is 17. The molecule has 1 N–H and O–H groups in total. The Bertz CT molecular complexity index is 2570. The number of halogens is 1. The third-order valence-corrected chi connectivity index (χ3v) is 10.6. The number of benzene rings is 4. The average molecular weight is 819 g/mol. The van der Waals surface area contributed by atoms with Gasteiger partial charge in [-0.25, -0.2) is 14.8 Å². The Balaban J connectivity index is 1.22. The van der Waals surface area contributed by atoms with E-state index >= 15 is 0 Å². The zero-order valence-corrected chi connectivity index (χ0v) is 33.7. The molecule has 0 aliphatic carbocycles. The Labute approximate surface area is 344 Å². The smallest absolute Gasteiger partial charge is 0.345 e. The van der Waals surface area contributed by atoms with E-state index in [4.69, 9.17) is 50.0 Å². The molecule has 7 aromatic rings. The van der Waals surface area contributed by atoms with Gasteiger partial charge in [0, 0.05) is 37.1 Å². The van der Waals surface area contributed by atoms with Gasteiger partial charge in [-0.3, -0.25) is 4.98 Å². The molecule has 0 radical (unpaired) electrons. The summed E-state index contributed by atoms with van der Waals surface area (Å²) in [5.41, 5.74) is 5.52. The molecular formula is C44H39ClN4O8S. The number of aliphatic carboxylic acids is 1. The Morgan fingerprint density at radius 1 is 0.845 bits per heavy atom. The van der Waals surface area contributed by atoms with Gasteiger partial charge in [-0.15, -0.1) is 0 Å². The molecule has 58 heavy (non-hydrogen) atoms. The summed E-state index contributed by atoms with van der Waals surface area (Å²) in [5.74, 6) is 1.76. The van der Waals surface area contributed by atoms with Crippen LogP contribution in [-0.4, -0.2) is 71.0 Å². The second-order valence-corrected chi connectivity index (χ2v) is 14.1. The highest BCUT2D eigenvalue weighted by molar-refractivity contribution is 7.13. The molecule has 0 amide bonds. The lowest BCUT2D eigenvalue weighted by atomic mass is 9.93. The zero-order valence-electron chi connectivity index (χ0n) is 32.1. The number of nitrogens with zero attached hydrogens (tertiary/aromatic N) is 4. The molecule has 1 unspecified atom stereocenters. The minimum atomic E-state index is -1.34. The van der Waals surface area contributed by atoms with E-state index in [0.29, 0.717) is 79.7 Å². The van der Waals surface area contributed by atoms with Crippen LogP contribution in [0.2, 0.25) is 5.02 Å². The molecule has 0 spiro atoms. The largest absolute Gasteiger partial charge is 0.497 e. The highest BCUT2D eigenvalue weighted by Gasteiger charge is 2.28. The molecule has 3 heterocycles. The highest BCUT2D eigenvalue weighted by Crippen LogP contribution is 2.46. The van der Waals surface area contributed by atoms with Gasteiger partial charge in [0.1, 0.15) is 36.2 Å². The van der Waals surface area contributed by atoms with Gasteiger partial charge in [0.15, 0.2) is 5.82 Å². The summed E-state index contributed by atoms with van der Waals surface area (Å²) >= 11 is 8.09. The van der Waals surface area contributed by atoms with Crippen molar-refractivity contribution in [3.05, 3.63) is 125 Å². The van der Waals surface area contributed by atoms with E-state index < -0.39 is 12.1 Å². The molecule has 0 saturated carbocycles. The maximum absolute atomic E-state index is 13.0. The van der Waals surface area contributed by atoms with Crippen LogP contribution in [0.25, 0.3) is 43.9 Å². The zero-order chi connectivity index (χ0) is 40.6. The van der Waals surface area contributed by atoms with Crippen LogP contribution in [0.4, 0.5) is 0 Å². The van der Waals surface area contributed by atoms with Gasteiger partial charge in [-0.05, 0) is 77.6 Å². The summed E-state index contributed by atoms with van der Waals surface area (Å²) in [5, 5.41) is 11.6. The van der Waals surface area contributed by atoms with Gasteiger partial charge in [-0.2, -0.15) is 4.37 Å². The lowest BCUT2D eigenvalue weighted by Crippen LogP contribution is -2.29. The topological polar surface area (TPSA) is 144 Å². The standard InChI is InChI=1S/C44H39ClN4O8S/c1-26-31(16-17-35(40(26)45)55-21-20-52-2)38-39-37(24-47-41(38)28-11-9-12-30(22-28)53-3)58-49-43(39)57-36(44(50)51)23-27-10-5-7-14-33(27)56-25-29-18-19-46-42(48-29)32-13-6-8-15-34(32)54-4/h5-19,22,24,36H,20-21,23,25H2,1-4H3,(H,50,51). The van der Waals surface area contributed by atoms with E-state index in [1.807, 2.05) is 79.7 Å². The molecule has 12 nitrogen and oxygen atoms in total. The van der Waals surface area contributed by atoms with Gasteiger partial charge >= 0.3 is 5.97 Å². The fourth-order valence-corrected chi connectivity index (χ4v) is 7.35. The van der Waals surface area contributed by atoms with Crippen molar-refractivity contribution >= 4 is 39.2 Å². The van der Waals surface area contributed by atoms with Gasteiger partial charge in [0.05, 0.1) is 52.9 Å². The summed E-state index contributed by atoms with van der Waals surface area (Å²) in [4.78, 5) is 27.0. The number of carbonyl (C=O) groups is 1. The first-order chi connectivity index (χ1) is 28.3. The van der Waals surface area contributed by atoms with Crippen LogP contribution in [0.15, 0.2) is 103 Å². The van der Waals surface area contributed by atoms with Crippen molar-refractivity contribution in [3.8, 4) is 62.7 Å². The molecule has 296 valence electrons. The van der Waals surface area contributed by atoms with Gasteiger partial charge in [0.2, 0.25) is 12.0 Å².